The van der Waals surface area contributed by atoms with E-state index < -0.39 is 0 Å². The SMILES string of the molecule is COc1cc(NC2CC2)ccc1N=O. The van der Waals surface area contributed by atoms with E-state index in [9.17, 15) is 4.91 Å². The molecule has 0 aromatic heterocycles. The Labute approximate surface area is 82.2 Å². The van der Waals surface area contributed by atoms with Crippen molar-refractivity contribution in [2.45, 2.75) is 18.9 Å². The predicted molar refractivity (Wildman–Crippen MR) is 55.1 cm³/mol. The zero-order chi connectivity index (χ0) is 9.97. The molecule has 0 saturated heterocycles. The second kappa shape index (κ2) is 3.65. The van der Waals surface area contributed by atoms with Gasteiger partial charge in [-0.2, -0.15) is 0 Å². The van der Waals surface area contributed by atoms with Gasteiger partial charge in [-0.1, -0.05) is 0 Å². The summed E-state index contributed by atoms with van der Waals surface area (Å²) in [5, 5.41) is 6.19. The molecular weight excluding hydrogens is 180 g/mol. The lowest BCUT2D eigenvalue weighted by Crippen LogP contribution is -2.00. The quantitative estimate of drug-likeness (QED) is 0.746. The monoisotopic (exact) mass is 192 g/mol. The Morgan fingerprint density at radius 2 is 2.29 bits per heavy atom. The summed E-state index contributed by atoms with van der Waals surface area (Å²) in [5.74, 6) is 0.519. The van der Waals surface area contributed by atoms with Gasteiger partial charge in [0.2, 0.25) is 0 Å². The van der Waals surface area contributed by atoms with Crippen molar-refractivity contribution in [2.24, 2.45) is 5.18 Å². The highest BCUT2D eigenvalue weighted by Crippen LogP contribution is 2.32. The molecule has 0 unspecified atom stereocenters. The molecule has 4 nitrogen and oxygen atoms in total. The molecule has 1 fully saturated rings. The van der Waals surface area contributed by atoms with Crippen LogP contribution >= 0.6 is 0 Å². The first-order valence-electron chi connectivity index (χ1n) is 4.61. The Kier molecular flexibility index (Phi) is 2.35. The third-order valence-electron chi connectivity index (χ3n) is 2.23. The molecule has 0 radical (unpaired) electrons. The molecule has 1 aliphatic rings. The Morgan fingerprint density at radius 1 is 1.50 bits per heavy atom. The summed E-state index contributed by atoms with van der Waals surface area (Å²) in [6.07, 6.45) is 2.44. The van der Waals surface area contributed by atoms with Crippen LogP contribution in [0, 0.1) is 4.91 Å². The molecule has 1 aliphatic carbocycles. The summed E-state index contributed by atoms with van der Waals surface area (Å²) >= 11 is 0. The van der Waals surface area contributed by atoms with Gasteiger partial charge >= 0.3 is 0 Å². The average molecular weight is 192 g/mol. The van der Waals surface area contributed by atoms with E-state index >= 15 is 0 Å². The van der Waals surface area contributed by atoms with Crippen LogP contribution in [0.2, 0.25) is 0 Å². The number of nitrogens with zero attached hydrogens (tertiary/aromatic N) is 1. The van der Waals surface area contributed by atoms with Crippen LogP contribution in [0.1, 0.15) is 12.8 Å². The highest BCUT2D eigenvalue weighted by atomic mass is 16.5. The molecule has 0 amide bonds. The van der Waals surface area contributed by atoms with Crippen LogP contribution in [0.25, 0.3) is 0 Å². The van der Waals surface area contributed by atoms with E-state index in [1.54, 1.807) is 12.1 Å². The molecule has 1 N–H and O–H groups in total. The number of nitrogens with one attached hydrogen (secondary N) is 1. The minimum atomic E-state index is 0.342. The number of rotatable bonds is 4. The Balaban J connectivity index is 2.20. The van der Waals surface area contributed by atoms with E-state index in [1.165, 1.54) is 20.0 Å². The molecular formula is C10H12N2O2. The number of methoxy groups -OCH3 is 1. The van der Waals surface area contributed by atoms with Gasteiger partial charge in [-0.05, 0) is 30.2 Å². The molecule has 1 aromatic carbocycles. The minimum absolute atomic E-state index is 0.342. The summed E-state index contributed by atoms with van der Waals surface area (Å²) in [7, 11) is 1.53. The first kappa shape index (κ1) is 8.99. The van der Waals surface area contributed by atoms with Gasteiger partial charge in [0.25, 0.3) is 0 Å². The van der Waals surface area contributed by atoms with Crippen LogP contribution in [-0.4, -0.2) is 13.2 Å². The fraction of sp³-hybridized carbons (Fsp3) is 0.400. The zero-order valence-electron chi connectivity index (χ0n) is 7.99. The molecule has 0 heterocycles. The first-order chi connectivity index (χ1) is 6.83. The topological polar surface area (TPSA) is 50.7 Å². The number of ether oxygens (including phenoxy) is 1. The van der Waals surface area contributed by atoms with Crippen LogP contribution in [0.3, 0.4) is 0 Å². The maximum absolute atomic E-state index is 10.4. The highest BCUT2D eigenvalue weighted by molar-refractivity contribution is 5.61. The van der Waals surface area contributed by atoms with Gasteiger partial charge in [0.05, 0.1) is 7.11 Å². The fourth-order valence-corrected chi connectivity index (χ4v) is 1.31. The summed E-state index contributed by atoms with van der Waals surface area (Å²) < 4.78 is 5.05. The second-order valence-corrected chi connectivity index (χ2v) is 3.40. The standard InChI is InChI=1S/C10H12N2O2/c1-14-10-6-8(11-7-2-3-7)4-5-9(10)12-13/h4-7,11H,2-3H2,1H3. The molecule has 4 heteroatoms. The van der Waals surface area contributed by atoms with Crippen LogP contribution in [0.5, 0.6) is 5.75 Å². The number of anilines is 1. The summed E-state index contributed by atoms with van der Waals surface area (Å²) in [6.45, 7) is 0. The molecule has 2 rings (SSSR count). The lowest BCUT2D eigenvalue weighted by atomic mass is 10.2. The van der Waals surface area contributed by atoms with Crippen LogP contribution in [-0.2, 0) is 0 Å². The molecule has 14 heavy (non-hydrogen) atoms. The fourth-order valence-electron chi connectivity index (χ4n) is 1.31. The van der Waals surface area contributed by atoms with Gasteiger partial charge in [-0.25, -0.2) is 0 Å². The van der Waals surface area contributed by atoms with Gasteiger partial charge in [-0.3, -0.25) is 0 Å². The van der Waals surface area contributed by atoms with Gasteiger partial charge < -0.3 is 10.1 Å². The van der Waals surface area contributed by atoms with E-state index in [1.807, 2.05) is 6.07 Å². The lowest BCUT2D eigenvalue weighted by molar-refractivity contribution is 0.416. The maximum Gasteiger partial charge on any atom is 0.150 e. The third-order valence-corrected chi connectivity index (χ3v) is 2.23. The highest BCUT2D eigenvalue weighted by Gasteiger charge is 2.21. The average Bonchev–Trinajstić information content (AvgIpc) is 3.01. The molecule has 0 bridgehead atoms. The van der Waals surface area contributed by atoms with E-state index in [-0.39, 0.29) is 0 Å². The number of nitroso groups, excluding NO2 is 1. The molecule has 1 aromatic rings. The summed E-state index contributed by atoms with van der Waals surface area (Å²) in [4.78, 5) is 10.4. The Hall–Kier alpha value is -1.58. The predicted octanol–water partition coefficient (Wildman–Crippen LogP) is 2.67. The van der Waals surface area contributed by atoms with Crippen LogP contribution < -0.4 is 10.1 Å². The van der Waals surface area contributed by atoms with Gasteiger partial charge in [0, 0.05) is 17.8 Å². The van der Waals surface area contributed by atoms with Crippen molar-refractivity contribution in [1.29, 1.82) is 0 Å². The second-order valence-electron chi connectivity index (χ2n) is 3.40. The molecule has 0 spiro atoms. The molecule has 0 aliphatic heterocycles. The zero-order valence-corrected chi connectivity index (χ0v) is 7.99. The Bertz CT molecular complexity index is 348. The normalized spacial score (nSPS) is 14.9. The molecule has 0 atom stereocenters. The van der Waals surface area contributed by atoms with Crippen molar-refractivity contribution in [2.75, 3.05) is 12.4 Å². The van der Waals surface area contributed by atoms with E-state index in [2.05, 4.69) is 10.5 Å². The van der Waals surface area contributed by atoms with Gasteiger partial charge in [0.15, 0.2) is 0 Å². The Morgan fingerprint density at radius 3 is 2.86 bits per heavy atom. The molecule has 1 saturated carbocycles. The number of hydrogen-bond acceptors (Lipinski definition) is 4. The van der Waals surface area contributed by atoms with Gasteiger partial charge in [0.1, 0.15) is 11.4 Å². The van der Waals surface area contributed by atoms with E-state index in [4.69, 9.17) is 4.74 Å². The number of hydrogen-bond donors (Lipinski definition) is 1. The van der Waals surface area contributed by atoms with Crippen LogP contribution in [0.15, 0.2) is 23.4 Å². The number of benzene rings is 1. The largest absolute Gasteiger partial charge is 0.494 e. The first-order valence-corrected chi connectivity index (χ1v) is 4.61. The smallest absolute Gasteiger partial charge is 0.150 e. The van der Waals surface area contributed by atoms with Crippen molar-refractivity contribution in [3.63, 3.8) is 0 Å². The van der Waals surface area contributed by atoms with Crippen molar-refractivity contribution < 1.29 is 4.74 Å². The van der Waals surface area contributed by atoms with Crippen molar-refractivity contribution in [1.82, 2.24) is 0 Å². The maximum atomic E-state index is 10.4. The van der Waals surface area contributed by atoms with Gasteiger partial charge in [-0.15, -0.1) is 4.91 Å². The minimum Gasteiger partial charge on any atom is -0.494 e. The van der Waals surface area contributed by atoms with Crippen molar-refractivity contribution in [3.8, 4) is 5.75 Å². The summed E-state index contributed by atoms with van der Waals surface area (Å²) in [6, 6.07) is 5.90. The van der Waals surface area contributed by atoms with Crippen molar-refractivity contribution >= 4 is 11.4 Å². The van der Waals surface area contributed by atoms with E-state index in [0.717, 1.165) is 5.69 Å². The van der Waals surface area contributed by atoms with Crippen LogP contribution in [0.4, 0.5) is 11.4 Å². The third kappa shape index (κ3) is 1.84. The molecule has 74 valence electrons. The summed E-state index contributed by atoms with van der Waals surface area (Å²) in [5.41, 5.74) is 1.32. The van der Waals surface area contributed by atoms with Crippen molar-refractivity contribution in [3.05, 3.63) is 23.1 Å². The van der Waals surface area contributed by atoms with E-state index in [0.29, 0.717) is 17.5 Å². The lowest BCUT2D eigenvalue weighted by Gasteiger charge is -2.07.